The number of rotatable bonds is 4. The first-order valence-corrected chi connectivity index (χ1v) is 6.62. The van der Waals surface area contributed by atoms with Gasteiger partial charge in [-0.25, -0.2) is 4.39 Å². The molecule has 1 aromatic carbocycles. The zero-order chi connectivity index (χ0) is 15.4. The van der Waals surface area contributed by atoms with Gasteiger partial charge in [0.15, 0.2) is 0 Å². The Morgan fingerprint density at radius 3 is 2.62 bits per heavy atom. The molecule has 0 atom stereocenters. The number of carboxylic acids is 1. The molecule has 0 spiro atoms. The molecule has 114 valence electrons. The minimum Gasteiger partial charge on any atom is -0.480 e. The van der Waals surface area contributed by atoms with Crippen LogP contribution in [0.4, 0.5) is 10.1 Å². The molecule has 0 aliphatic carbocycles. The topological polar surface area (TPSA) is 78.9 Å². The van der Waals surface area contributed by atoms with Crippen LogP contribution in [0.15, 0.2) is 12.1 Å². The summed E-state index contributed by atoms with van der Waals surface area (Å²) in [6.45, 7) is 3.60. The first-order valence-electron chi connectivity index (χ1n) is 6.62. The summed E-state index contributed by atoms with van der Waals surface area (Å²) in [6, 6.07) is 3.03. The second-order valence-electron chi connectivity index (χ2n) is 4.80. The van der Waals surface area contributed by atoms with Crippen molar-refractivity contribution in [1.29, 1.82) is 0 Å². The number of hydrogen-bond acceptors (Lipinski definition) is 4. The van der Waals surface area contributed by atoms with Gasteiger partial charge in [0.25, 0.3) is 5.91 Å². The Kier molecular flexibility index (Phi) is 4.74. The van der Waals surface area contributed by atoms with Crippen LogP contribution in [-0.2, 0) is 9.53 Å². The Bertz CT molecular complexity index is 533. The van der Waals surface area contributed by atoms with E-state index in [0.29, 0.717) is 37.6 Å². The number of nitrogens with zero attached hydrogens (tertiary/aromatic N) is 1. The van der Waals surface area contributed by atoms with Crippen molar-refractivity contribution >= 4 is 17.6 Å². The Morgan fingerprint density at radius 1 is 1.38 bits per heavy atom. The van der Waals surface area contributed by atoms with Crippen LogP contribution < -0.4 is 10.2 Å². The van der Waals surface area contributed by atoms with Crippen molar-refractivity contribution in [2.24, 2.45) is 0 Å². The summed E-state index contributed by atoms with van der Waals surface area (Å²) in [5, 5.41) is 10.7. The van der Waals surface area contributed by atoms with Crippen molar-refractivity contribution in [2.45, 2.75) is 6.92 Å². The summed E-state index contributed by atoms with van der Waals surface area (Å²) in [7, 11) is 0. The molecule has 1 saturated heterocycles. The summed E-state index contributed by atoms with van der Waals surface area (Å²) in [4.78, 5) is 24.3. The Labute approximate surface area is 121 Å². The van der Waals surface area contributed by atoms with E-state index in [-0.39, 0.29) is 5.56 Å². The maximum absolute atomic E-state index is 14.2. The molecule has 21 heavy (non-hydrogen) atoms. The zero-order valence-electron chi connectivity index (χ0n) is 11.7. The van der Waals surface area contributed by atoms with E-state index in [4.69, 9.17) is 9.84 Å². The fourth-order valence-corrected chi connectivity index (χ4v) is 2.26. The SMILES string of the molecule is Cc1cc(N2CCOCC2)cc(F)c1C(=O)NCC(=O)O. The lowest BCUT2D eigenvalue weighted by atomic mass is 10.1. The normalized spacial score (nSPS) is 14.9. The summed E-state index contributed by atoms with van der Waals surface area (Å²) >= 11 is 0. The number of amides is 1. The molecule has 0 aromatic heterocycles. The third kappa shape index (κ3) is 3.69. The van der Waals surface area contributed by atoms with Gasteiger partial charge in [-0.05, 0) is 24.6 Å². The van der Waals surface area contributed by atoms with E-state index in [1.165, 1.54) is 6.07 Å². The van der Waals surface area contributed by atoms with E-state index in [2.05, 4.69) is 5.32 Å². The molecule has 0 bridgehead atoms. The van der Waals surface area contributed by atoms with Crippen LogP contribution >= 0.6 is 0 Å². The van der Waals surface area contributed by atoms with Crippen molar-refractivity contribution < 1.29 is 23.8 Å². The standard InChI is InChI=1S/C14H17FN2O4/c1-9-6-10(17-2-4-21-5-3-17)7-11(15)13(9)14(20)16-8-12(18)19/h6-7H,2-5,8H2,1H3,(H,16,20)(H,18,19). The molecule has 0 unspecified atom stereocenters. The number of carbonyl (C=O) groups excluding carboxylic acids is 1. The highest BCUT2D eigenvalue weighted by atomic mass is 19.1. The molecule has 2 rings (SSSR count). The number of hydrogen-bond donors (Lipinski definition) is 2. The molecule has 0 radical (unpaired) electrons. The van der Waals surface area contributed by atoms with Crippen LogP contribution in [0.2, 0.25) is 0 Å². The summed E-state index contributed by atoms with van der Waals surface area (Å²) in [6.07, 6.45) is 0. The van der Waals surface area contributed by atoms with Gasteiger partial charge >= 0.3 is 5.97 Å². The molecular weight excluding hydrogens is 279 g/mol. The minimum absolute atomic E-state index is 0.117. The van der Waals surface area contributed by atoms with Crippen LogP contribution in [0.3, 0.4) is 0 Å². The lowest BCUT2D eigenvalue weighted by molar-refractivity contribution is -0.135. The Balaban J connectivity index is 2.20. The van der Waals surface area contributed by atoms with Crippen molar-refractivity contribution in [3.05, 3.63) is 29.1 Å². The number of carbonyl (C=O) groups is 2. The fourth-order valence-electron chi connectivity index (χ4n) is 2.26. The lowest BCUT2D eigenvalue weighted by Crippen LogP contribution is -2.36. The van der Waals surface area contributed by atoms with Crippen molar-refractivity contribution in [3.8, 4) is 0 Å². The number of aliphatic carboxylic acids is 1. The smallest absolute Gasteiger partial charge is 0.322 e. The van der Waals surface area contributed by atoms with Crippen molar-refractivity contribution in [3.63, 3.8) is 0 Å². The molecule has 1 aromatic rings. The van der Waals surface area contributed by atoms with Gasteiger partial charge in [0.2, 0.25) is 0 Å². The van der Waals surface area contributed by atoms with Gasteiger partial charge in [-0.1, -0.05) is 0 Å². The van der Waals surface area contributed by atoms with E-state index in [9.17, 15) is 14.0 Å². The predicted molar refractivity (Wildman–Crippen MR) is 74.1 cm³/mol. The van der Waals surface area contributed by atoms with Gasteiger partial charge < -0.3 is 20.1 Å². The van der Waals surface area contributed by atoms with E-state index >= 15 is 0 Å². The van der Waals surface area contributed by atoms with Crippen molar-refractivity contribution in [2.75, 3.05) is 37.7 Å². The molecule has 1 aliphatic rings. The highest BCUT2D eigenvalue weighted by molar-refractivity contribution is 5.97. The average Bonchev–Trinajstić information content (AvgIpc) is 2.45. The molecule has 1 amide bonds. The Hall–Kier alpha value is -2.15. The first kappa shape index (κ1) is 15.2. The third-order valence-electron chi connectivity index (χ3n) is 3.28. The molecule has 7 heteroatoms. The summed E-state index contributed by atoms with van der Waals surface area (Å²) in [5.41, 5.74) is 1.05. The molecule has 6 nitrogen and oxygen atoms in total. The second kappa shape index (κ2) is 6.53. The largest absolute Gasteiger partial charge is 0.480 e. The minimum atomic E-state index is -1.17. The number of anilines is 1. The van der Waals surface area contributed by atoms with E-state index < -0.39 is 24.2 Å². The number of carboxylic acid groups (broad SMARTS) is 1. The third-order valence-corrected chi connectivity index (χ3v) is 3.28. The zero-order valence-corrected chi connectivity index (χ0v) is 11.7. The van der Waals surface area contributed by atoms with E-state index in [0.717, 1.165) is 0 Å². The predicted octanol–water partition coefficient (Wildman–Crippen LogP) is 0.785. The fraction of sp³-hybridized carbons (Fsp3) is 0.429. The molecule has 1 heterocycles. The first-order chi connectivity index (χ1) is 9.99. The number of morpholine rings is 1. The molecule has 1 fully saturated rings. The van der Waals surface area contributed by atoms with Crippen LogP contribution in [0, 0.1) is 12.7 Å². The average molecular weight is 296 g/mol. The van der Waals surface area contributed by atoms with E-state index in [1.54, 1.807) is 13.0 Å². The quantitative estimate of drug-likeness (QED) is 0.858. The molecule has 0 saturated carbocycles. The monoisotopic (exact) mass is 296 g/mol. The van der Waals surface area contributed by atoms with Gasteiger partial charge in [0.05, 0.1) is 18.8 Å². The maximum atomic E-state index is 14.2. The number of halogens is 1. The molecular formula is C14H17FN2O4. The van der Waals surface area contributed by atoms with Gasteiger partial charge in [0, 0.05) is 18.8 Å². The lowest BCUT2D eigenvalue weighted by Gasteiger charge is -2.29. The number of ether oxygens (including phenoxy) is 1. The van der Waals surface area contributed by atoms with Crippen LogP contribution in [0.5, 0.6) is 0 Å². The van der Waals surface area contributed by atoms with Gasteiger partial charge in [0.1, 0.15) is 12.4 Å². The summed E-state index contributed by atoms with van der Waals surface area (Å²) in [5.74, 6) is -2.55. The van der Waals surface area contributed by atoms with Crippen LogP contribution in [-0.4, -0.2) is 49.8 Å². The van der Waals surface area contributed by atoms with Crippen molar-refractivity contribution in [1.82, 2.24) is 5.32 Å². The van der Waals surface area contributed by atoms with E-state index in [1.807, 2.05) is 4.90 Å². The summed E-state index contributed by atoms with van der Waals surface area (Å²) < 4.78 is 19.4. The van der Waals surface area contributed by atoms with Crippen LogP contribution in [0.25, 0.3) is 0 Å². The second-order valence-corrected chi connectivity index (χ2v) is 4.80. The maximum Gasteiger partial charge on any atom is 0.322 e. The van der Waals surface area contributed by atoms with Gasteiger partial charge in [-0.2, -0.15) is 0 Å². The van der Waals surface area contributed by atoms with Gasteiger partial charge in [-0.15, -0.1) is 0 Å². The van der Waals surface area contributed by atoms with Crippen LogP contribution in [0.1, 0.15) is 15.9 Å². The number of benzene rings is 1. The molecule has 2 N–H and O–H groups in total. The molecule has 1 aliphatic heterocycles. The Morgan fingerprint density at radius 2 is 2.05 bits per heavy atom. The highest BCUT2D eigenvalue weighted by Crippen LogP contribution is 2.23. The number of nitrogens with one attached hydrogen (secondary N) is 1. The number of aryl methyl sites for hydroxylation is 1. The highest BCUT2D eigenvalue weighted by Gasteiger charge is 2.19. The van der Waals surface area contributed by atoms with Gasteiger partial charge in [-0.3, -0.25) is 9.59 Å².